The maximum absolute atomic E-state index is 12.6. The number of carboxylic acids is 3. The SMILES string of the molecule is Cc1ccc(Cc2cc(C(C)(C)C)c(-c3cc(C(=O)O)ccc3C3CCCCC3)cc2C(=O)O)c(C(=O)O)c1. The standard InChI is InChI=1S/C33H36O6/c1-19-10-11-21(25(14-19)31(36)37)15-23-17-29(33(2,3)4)28(18-26(23)32(38)39)27-16-22(30(34)35)12-13-24(27)20-8-6-5-7-9-20/h10-14,16-18,20H,5-9,15H2,1-4H3,(H,34,35)(H,36,37)(H,38,39). The predicted octanol–water partition coefficient (Wildman–Crippen LogP) is 7.69. The van der Waals surface area contributed by atoms with Gasteiger partial charge in [-0.2, -0.15) is 0 Å². The molecule has 6 heteroatoms. The molecule has 1 aliphatic rings. The van der Waals surface area contributed by atoms with Crippen molar-refractivity contribution >= 4 is 17.9 Å². The molecule has 0 unspecified atom stereocenters. The lowest BCUT2D eigenvalue weighted by Crippen LogP contribution is -2.17. The van der Waals surface area contributed by atoms with Crippen molar-refractivity contribution in [2.75, 3.05) is 0 Å². The Hall–Kier alpha value is -3.93. The van der Waals surface area contributed by atoms with E-state index in [2.05, 4.69) is 0 Å². The van der Waals surface area contributed by atoms with Crippen LogP contribution in [0.1, 0.15) is 118 Å². The molecule has 0 amide bonds. The second-order valence-electron chi connectivity index (χ2n) is 11.7. The predicted molar refractivity (Wildman–Crippen MR) is 151 cm³/mol. The van der Waals surface area contributed by atoms with Gasteiger partial charge >= 0.3 is 17.9 Å². The third-order valence-electron chi connectivity index (χ3n) is 7.79. The number of aryl methyl sites for hydroxylation is 1. The van der Waals surface area contributed by atoms with Crippen molar-refractivity contribution in [2.24, 2.45) is 0 Å². The van der Waals surface area contributed by atoms with Crippen LogP contribution in [0.4, 0.5) is 0 Å². The van der Waals surface area contributed by atoms with Crippen LogP contribution < -0.4 is 0 Å². The average molecular weight is 529 g/mol. The Morgan fingerprint density at radius 1 is 0.744 bits per heavy atom. The van der Waals surface area contributed by atoms with Gasteiger partial charge in [-0.25, -0.2) is 14.4 Å². The first kappa shape index (κ1) is 28.1. The van der Waals surface area contributed by atoms with Crippen LogP contribution in [0, 0.1) is 6.92 Å². The normalized spacial score (nSPS) is 14.3. The van der Waals surface area contributed by atoms with Gasteiger partial charge < -0.3 is 15.3 Å². The number of hydrogen-bond acceptors (Lipinski definition) is 3. The number of carbonyl (C=O) groups is 3. The fourth-order valence-corrected chi connectivity index (χ4v) is 5.77. The maximum atomic E-state index is 12.6. The van der Waals surface area contributed by atoms with E-state index in [4.69, 9.17) is 0 Å². The third-order valence-corrected chi connectivity index (χ3v) is 7.79. The lowest BCUT2D eigenvalue weighted by Gasteiger charge is -2.29. The van der Waals surface area contributed by atoms with Gasteiger partial charge in [0.15, 0.2) is 0 Å². The largest absolute Gasteiger partial charge is 0.478 e. The smallest absolute Gasteiger partial charge is 0.335 e. The summed E-state index contributed by atoms with van der Waals surface area (Å²) >= 11 is 0. The molecular formula is C33H36O6. The first-order valence-electron chi connectivity index (χ1n) is 13.5. The number of aromatic carboxylic acids is 3. The van der Waals surface area contributed by atoms with Crippen molar-refractivity contribution in [3.8, 4) is 11.1 Å². The number of rotatable bonds is 7. The molecule has 1 fully saturated rings. The zero-order chi connectivity index (χ0) is 28.5. The zero-order valence-electron chi connectivity index (χ0n) is 23.0. The minimum Gasteiger partial charge on any atom is -0.478 e. The molecule has 0 aromatic heterocycles. The molecule has 3 N–H and O–H groups in total. The fraction of sp³-hybridized carbons (Fsp3) is 0.364. The van der Waals surface area contributed by atoms with Gasteiger partial charge in [0.05, 0.1) is 16.7 Å². The van der Waals surface area contributed by atoms with Crippen molar-refractivity contribution in [1.82, 2.24) is 0 Å². The average Bonchev–Trinajstić information content (AvgIpc) is 2.88. The third kappa shape index (κ3) is 6.06. The molecule has 0 aliphatic heterocycles. The molecule has 204 valence electrons. The van der Waals surface area contributed by atoms with Crippen molar-refractivity contribution in [3.05, 3.63) is 93.0 Å². The number of benzene rings is 3. The van der Waals surface area contributed by atoms with E-state index in [0.717, 1.165) is 53.5 Å². The van der Waals surface area contributed by atoms with E-state index in [1.807, 2.05) is 45.9 Å². The maximum Gasteiger partial charge on any atom is 0.335 e. The minimum atomic E-state index is -1.11. The summed E-state index contributed by atoms with van der Waals surface area (Å²) in [7, 11) is 0. The Bertz CT molecular complexity index is 1440. The van der Waals surface area contributed by atoms with E-state index >= 15 is 0 Å². The van der Waals surface area contributed by atoms with Gasteiger partial charge in [-0.1, -0.05) is 69.9 Å². The van der Waals surface area contributed by atoms with Crippen molar-refractivity contribution in [2.45, 2.75) is 77.6 Å². The number of carboxylic acid groups (broad SMARTS) is 3. The summed E-state index contributed by atoms with van der Waals surface area (Å²) in [6.45, 7) is 7.96. The Morgan fingerprint density at radius 3 is 1.97 bits per heavy atom. The molecule has 0 bridgehead atoms. The highest BCUT2D eigenvalue weighted by atomic mass is 16.4. The summed E-state index contributed by atoms with van der Waals surface area (Å²) in [5, 5.41) is 29.9. The Morgan fingerprint density at radius 2 is 1.38 bits per heavy atom. The molecule has 39 heavy (non-hydrogen) atoms. The first-order chi connectivity index (χ1) is 18.4. The van der Waals surface area contributed by atoms with E-state index in [-0.39, 0.29) is 29.0 Å². The topological polar surface area (TPSA) is 112 Å². The summed E-state index contributed by atoms with van der Waals surface area (Å²) < 4.78 is 0. The van der Waals surface area contributed by atoms with Gasteiger partial charge in [0.25, 0.3) is 0 Å². The second kappa shape index (κ2) is 11.0. The van der Waals surface area contributed by atoms with Crippen molar-refractivity contribution in [3.63, 3.8) is 0 Å². The summed E-state index contributed by atoms with van der Waals surface area (Å²) in [6, 6.07) is 13.9. The molecule has 0 atom stereocenters. The molecule has 3 aromatic rings. The lowest BCUT2D eigenvalue weighted by molar-refractivity contribution is 0.0685. The van der Waals surface area contributed by atoms with E-state index in [0.29, 0.717) is 11.1 Å². The fourth-order valence-electron chi connectivity index (χ4n) is 5.77. The van der Waals surface area contributed by atoms with Crippen LogP contribution in [0.2, 0.25) is 0 Å². The molecule has 0 radical (unpaired) electrons. The van der Waals surface area contributed by atoms with Gasteiger partial charge in [-0.15, -0.1) is 0 Å². The van der Waals surface area contributed by atoms with Gasteiger partial charge in [-0.05, 0) is 95.2 Å². The lowest BCUT2D eigenvalue weighted by atomic mass is 9.75. The van der Waals surface area contributed by atoms with Crippen LogP contribution in [0.15, 0.2) is 48.5 Å². The first-order valence-corrected chi connectivity index (χ1v) is 13.5. The van der Waals surface area contributed by atoms with Gasteiger partial charge in [0, 0.05) is 0 Å². The molecular weight excluding hydrogens is 492 g/mol. The Balaban J connectivity index is 1.97. The molecule has 6 nitrogen and oxygen atoms in total. The Labute approximate surface area is 229 Å². The van der Waals surface area contributed by atoms with E-state index in [9.17, 15) is 29.7 Å². The minimum absolute atomic E-state index is 0.0882. The van der Waals surface area contributed by atoms with Gasteiger partial charge in [-0.3, -0.25) is 0 Å². The highest BCUT2D eigenvalue weighted by Crippen LogP contribution is 2.43. The van der Waals surface area contributed by atoms with Crippen LogP contribution in [0.3, 0.4) is 0 Å². The molecule has 0 saturated heterocycles. The summed E-state index contributed by atoms with van der Waals surface area (Å²) in [4.78, 5) is 36.5. The van der Waals surface area contributed by atoms with Crippen LogP contribution in [0.25, 0.3) is 11.1 Å². The van der Waals surface area contributed by atoms with Crippen molar-refractivity contribution in [1.29, 1.82) is 0 Å². The molecule has 0 heterocycles. The highest BCUT2D eigenvalue weighted by molar-refractivity contribution is 5.95. The van der Waals surface area contributed by atoms with Gasteiger partial charge in [0.2, 0.25) is 0 Å². The summed E-state index contributed by atoms with van der Waals surface area (Å²) in [5.74, 6) is -2.91. The highest BCUT2D eigenvalue weighted by Gasteiger charge is 2.28. The molecule has 1 aliphatic carbocycles. The summed E-state index contributed by atoms with van der Waals surface area (Å²) in [6.07, 6.45) is 5.58. The van der Waals surface area contributed by atoms with Crippen LogP contribution in [-0.2, 0) is 11.8 Å². The van der Waals surface area contributed by atoms with Crippen LogP contribution >= 0.6 is 0 Å². The van der Waals surface area contributed by atoms with Crippen LogP contribution in [-0.4, -0.2) is 33.2 Å². The molecule has 4 rings (SSSR count). The van der Waals surface area contributed by atoms with E-state index < -0.39 is 23.3 Å². The Kier molecular flexibility index (Phi) is 7.96. The summed E-state index contributed by atoms with van der Waals surface area (Å²) in [5.41, 5.74) is 5.32. The quantitative estimate of drug-likeness (QED) is 0.290. The van der Waals surface area contributed by atoms with Gasteiger partial charge in [0.1, 0.15) is 0 Å². The number of hydrogen-bond donors (Lipinski definition) is 3. The second-order valence-corrected chi connectivity index (χ2v) is 11.7. The van der Waals surface area contributed by atoms with E-state index in [1.54, 1.807) is 30.3 Å². The molecule has 3 aromatic carbocycles. The van der Waals surface area contributed by atoms with Crippen molar-refractivity contribution < 1.29 is 29.7 Å². The van der Waals surface area contributed by atoms with Crippen LogP contribution in [0.5, 0.6) is 0 Å². The molecule has 0 spiro atoms. The zero-order valence-corrected chi connectivity index (χ0v) is 23.0. The monoisotopic (exact) mass is 528 g/mol. The van der Waals surface area contributed by atoms with E-state index in [1.165, 1.54) is 6.42 Å². The molecule has 1 saturated carbocycles.